The van der Waals surface area contributed by atoms with Crippen LogP contribution in [0.25, 0.3) is 0 Å². The second kappa shape index (κ2) is 5.29. The third-order valence-corrected chi connectivity index (χ3v) is 7.13. The van der Waals surface area contributed by atoms with E-state index in [0.717, 1.165) is 17.4 Å². The monoisotopic (exact) mass is 308 g/mol. The maximum absolute atomic E-state index is 12.7. The summed E-state index contributed by atoms with van der Waals surface area (Å²) in [5.41, 5.74) is 7.22. The van der Waals surface area contributed by atoms with Crippen molar-refractivity contribution in [2.24, 2.45) is 17.8 Å². The minimum atomic E-state index is -3.48. The summed E-state index contributed by atoms with van der Waals surface area (Å²) in [6.07, 6.45) is 5.09. The van der Waals surface area contributed by atoms with Crippen LogP contribution in [0.4, 0.5) is 5.69 Å². The first-order valence-electron chi connectivity index (χ1n) is 7.70. The Kier molecular flexibility index (Phi) is 3.74. The topological polar surface area (TPSA) is 63.4 Å². The van der Waals surface area contributed by atoms with Crippen molar-refractivity contribution in [1.82, 2.24) is 4.31 Å². The molecule has 1 aromatic carbocycles. The van der Waals surface area contributed by atoms with Gasteiger partial charge in [0.25, 0.3) is 0 Å². The molecule has 116 valence electrons. The first-order valence-corrected chi connectivity index (χ1v) is 9.14. The summed E-state index contributed by atoms with van der Waals surface area (Å²) >= 11 is 0. The third kappa shape index (κ3) is 2.69. The molecule has 0 aliphatic heterocycles. The normalized spacial score (nSPS) is 28.4. The van der Waals surface area contributed by atoms with E-state index in [9.17, 15) is 8.42 Å². The van der Waals surface area contributed by atoms with E-state index >= 15 is 0 Å². The van der Waals surface area contributed by atoms with Gasteiger partial charge in [-0.05, 0) is 61.6 Å². The number of fused-ring (bicyclic) bond motifs is 2. The molecule has 3 atom stereocenters. The smallest absolute Gasteiger partial charge is 0.244 e. The minimum absolute atomic E-state index is 0.235. The van der Waals surface area contributed by atoms with Crippen LogP contribution in [0, 0.1) is 24.7 Å². The number of anilines is 1. The second-order valence-electron chi connectivity index (χ2n) is 6.76. The van der Waals surface area contributed by atoms with Crippen molar-refractivity contribution in [2.45, 2.75) is 37.5 Å². The van der Waals surface area contributed by atoms with Gasteiger partial charge in [0.05, 0.1) is 5.69 Å². The lowest BCUT2D eigenvalue weighted by molar-refractivity contribution is 0.280. The summed E-state index contributed by atoms with van der Waals surface area (Å²) in [6, 6.07) is 5.14. The molecular weight excluding hydrogens is 284 g/mol. The van der Waals surface area contributed by atoms with Crippen molar-refractivity contribution in [3.8, 4) is 0 Å². The number of nitrogens with two attached hydrogens (primary N) is 1. The largest absolute Gasteiger partial charge is 0.398 e. The van der Waals surface area contributed by atoms with Gasteiger partial charge in [-0.25, -0.2) is 12.7 Å². The van der Waals surface area contributed by atoms with Crippen molar-refractivity contribution in [1.29, 1.82) is 0 Å². The van der Waals surface area contributed by atoms with Crippen molar-refractivity contribution in [2.75, 3.05) is 19.3 Å². The maximum atomic E-state index is 12.7. The highest BCUT2D eigenvalue weighted by Crippen LogP contribution is 2.48. The van der Waals surface area contributed by atoms with Gasteiger partial charge >= 0.3 is 0 Å². The highest BCUT2D eigenvalue weighted by Gasteiger charge is 2.41. The molecule has 2 bridgehead atoms. The van der Waals surface area contributed by atoms with E-state index in [-0.39, 0.29) is 4.90 Å². The van der Waals surface area contributed by atoms with Crippen molar-refractivity contribution in [3.05, 3.63) is 23.8 Å². The van der Waals surface area contributed by atoms with E-state index in [0.29, 0.717) is 18.2 Å². The van der Waals surface area contributed by atoms with E-state index in [1.54, 1.807) is 25.2 Å². The number of aryl methyl sites for hydroxylation is 1. The Morgan fingerprint density at radius 3 is 2.62 bits per heavy atom. The van der Waals surface area contributed by atoms with Gasteiger partial charge in [-0.15, -0.1) is 0 Å². The van der Waals surface area contributed by atoms with Gasteiger partial charge < -0.3 is 5.73 Å². The van der Waals surface area contributed by atoms with Gasteiger partial charge in [0, 0.05) is 13.6 Å². The summed E-state index contributed by atoms with van der Waals surface area (Å²) in [4.78, 5) is 0.235. The fourth-order valence-electron chi connectivity index (χ4n) is 4.10. The Morgan fingerprint density at radius 2 is 2.05 bits per heavy atom. The molecule has 5 heteroatoms. The highest BCUT2D eigenvalue weighted by molar-refractivity contribution is 7.89. The van der Waals surface area contributed by atoms with E-state index in [1.807, 2.05) is 6.92 Å². The van der Waals surface area contributed by atoms with Crippen LogP contribution in [0.1, 0.15) is 31.2 Å². The molecule has 0 spiro atoms. The molecule has 2 aliphatic rings. The van der Waals surface area contributed by atoms with Gasteiger partial charge in [0.1, 0.15) is 4.90 Å². The fraction of sp³-hybridized carbons (Fsp3) is 0.625. The van der Waals surface area contributed by atoms with E-state index in [1.165, 1.54) is 30.0 Å². The quantitative estimate of drug-likeness (QED) is 0.870. The van der Waals surface area contributed by atoms with Crippen LogP contribution in [-0.2, 0) is 10.0 Å². The average Bonchev–Trinajstić information content (AvgIpc) is 3.00. The van der Waals surface area contributed by atoms with Gasteiger partial charge in [-0.3, -0.25) is 0 Å². The molecule has 0 radical (unpaired) electrons. The van der Waals surface area contributed by atoms with Crippen molar-refractivity contribution < 1.29 is 8.42 Å². The summed E-state index contributed by atoms with van der Waals surface area (Å²) < 4.78 is 26.9. The predicted octanol–water partition coefficient (Wildman–Crippen LogP) is 2.63. The molecular formula is C16H24N2O2S. The van der Waals surface area contributed by atoms with Crippen LogP contribution < -0.4 is 5.73 Å². The molecule has 2 fully saturated rings. The van der Waals surface area contributed by atoms with Gasteiger partial charge in [0.15, 0.2) is 0 Å². The van der Waals surface area contributed by atoms with Gasteiger partial charge in [0.2, 0.25) is 10.0 Å². The average molecular weight is 308 g/mol. The van der Waals surface area contributed by atoms with Crippen molar-refractivity contribution in [3.63, 3.8) is 0 Å². The van der Waals surface area contributed by atoms with Crippen LogP contribution >= 0.6 is 0 Å². The number of benzene rings is 1. The van der Waals surface area contributed by atoms with Crippen LogP contribution in [-0.4, -0.2) is 26.3 Å². The van der Waals surface area contributed by atoms with E-state index in [4.69, 9.17) is 5.73 Å². The predicted molar refractivity (Wildman–Crippen MR) is 84.3 cm³/mol. The number of nitrogens with zero attached hydrogens (tertiary/aromatic N) is 1. The summed E-state index contributed by atoms with van der Waals surface area (Å²) in [6.45, 7) is 2.53. The zero-order valence-corrected chi connectivity index (χ0v) is 13.6. The summed E-state index contributed by atoms with van der Waals surface area (Å²) in [5, 5.41) is 0. The molecule has 4 nitrogen and oxygen atoms in total. The number of rotatable bonds is 4. The van der Waals surface area contributed by atoms with E-state index in [2.05, 4.69) is 0 Å². The lowest BCUT2D eigenvalue weighted by Gasteiger charge is -2.27. The molecule has 1 aromatic rings. The number of hydrogen-bond donors (Lipinski definition) is 1. The Morgan fingerprint density at radius 1 is 1.29 bits per heavy atom. The molecule has 0 saturated heterocycles. The Bertz CT molecular complexity index is 642. The number of sulfonamides is 1. The number of hydrogen-bond acceptors (Lipinski definition) is 3. The van der Waals surface area contributed by atoms with Crippen molar-refractivity contribution >= 4 is 15.7 Å². The fourth-order valence-corrected chi connectivity index (χ4v) is 5.42. The molecule has 0 aromatic heterocycles. The zero-order valence-electron chi connectivity index (χ0n) is 12.7. The number of nitrogen functional groups attached to an aromatic ring is 1. The lowest BCUT2D eigenvalue weighted by Crippen LogP contribution is -2.34. The molecule has 3 unspecified atom stereocenters. The lowest BCUT2D eigenvalue weighted by atomic mass is 9.89. The van der Waals surface area contributed by atoms with Gasteiger partial charge in [-0.2, -0.15) is 0 Å². The third-order valence-electron chi connectivity index (χ3n) is 5.23. The Balaban J connectivity index is 1.78. The maximum Gasteiger partial charge on any atom is 0.244 e. The van der Waals surface area contributed by atoms with Crippen LogP contribution in [0.3, 0.4) is 0 Å². The first-order chi connectivity index (χ1) is 9.88. The zero-order chi connectivity index (χ0) is 15.2. The van der Waals surface area contributed by atoms with Gasteiger partial charge in [-0.1, -0.05) is 12.5 Å². The summed E-state index contributed by atoms with van der Waals surface area (Å²) in [7, 11) is -1.80. The minimum Gasteiger partial charge on any atom is -0.398 e. The Hall–Kier alpha value is -1.07. The molecule has 0 heterocycles. The molecule has 2 N–H and O–H groups in total. The van der Waals surface area contributed by atoms with E-state index < -0.39 is 10.0 Å². The molecule has 0 amide bonds. The Labute approximate surface area is 127 Å². The molecule has 2 saturated carbocycles. The molecule has 2 aliphatic carbocycles. The van der Waals surface area contributed by atoms with Crippen LogP contribution in [0.15, 0.2) is 23.1 Å². The standard InChI is InChI=1S/C16H24N2O2S/c1-11-3-6-16(15(17)7-11)21(19,20)18(2)10-14-9-12-4-5-13(14)8-12/h3,6-7,12-14H,4-5,8-10,17H2,1-2H3. The van der Waals surface area contributed by atoms with Crippen LogP contribution in [0.2, 0.25) is 0 Å². The second-order valence-corrected chi connectivity index (χ2v) is 8.78. The first kappa shape index (κ1) is 14.9. The highest BCUT2D eigenvalue weighted by atomic mass is 32.2. The molecule has 3 rings (SSSR count). The SMILES string of the molecule is Cc1ccc(S(=O)(=O)N(C)CC2CC3CCC2C3)c(N)c1. The molecule has 21 heavy (non-hydrogen) atoms. The summed E-state index contributed by atoms with van der Waals surface area (Å²) in [5.74, 6) is 2.08. The van der Waals surface area contributed by atoms with Crippen LogP contribution in [0.5, 0.6) is 0 Å².